The van der Waals surface area contributed by atoms with Crippen LogP contribution in [0.5, 0.6) is 0 Å². The Balaban J connectivity index is 1.86. The molecule has 1 aliphatic heterocycles. The normalized spacial score (nSPS) is 27.0. The second-order valence-electron chi connectivity index (χ2n) is 8.18. The average Bonchev–Trinajstić information content (AvgIpc) is 3.25. The smallest absolute Gasteiger partial charge is 0.410 e. The number of likely N-dealkylation sites (tertiary alicyclic amines) is 1. The molecule has 1 aromatic rings. The first-order valence-electron chi connectivity index (χ1n) is 9.20. The van der Waals surface area contributed by atoms with E-state index in [4.69, 9.17) is 32.7 Å². The number of benzene rings is 1. The van der Waals surface area contributed by atoms with E-state index in [1.807, 2.05) is 32.9 Å². The van der Waals surface area contributed by atoms with Gasteiger partial charge in [0.2, 0.25) is 0 Å². The number of ether oxygens (including phenoxy) is 2. The summed E-state index contributed by atoms with van der Waals surface area (Å²) in [6.07, 6.45) is 0.304. The van der Waals surface area contributed by atoms with Crippen molar-refractivity contribution in [2.75, 3.05) is 19.7 Å². The fourth-order valence-corrected chi connectivity index (χ4v) is 4.50. The van der Waals surface area contributed by atoms with E-state index in [9.17, 15) is 9.59 Å². The SMILES string of the molecule is CCOC(=O)C1[C@@H]2CN(C(=O)OC(C)(C)C)CCC12c1ccc(Cl)c(Cl)c1. The van der Waals surface area contributed by atoms with Gasteiger partial charge < -0.3 is 14.4 Å². The zero-order chi connectivity index (χ0) is 20.0. The maximum absolute atomic E-state index is 12.6. The summed E-state index contributed by atoms with van der Waals surface area (Å²) >= 11 is 12.3. The molecule has 148 valence electrons. The van der Waals surface area contributed by atoms with Crippen LogP contribution in [0.4, 0.5) is 4.79 Å². The lowest BCUT2D eigenvalue weighted by Crippen LogP contribution is -2.43. The van der Waals surface area contributed by atoms with Crippen LogP contribution in [0, 0.1) is 11.8 Å². The number of carbonyl (C=O) groups excluding carboxylic acids is 2. The third-order valence-corrected chi connectivity index (χ3v) is 6.11. The molecular weight excluding hydrogens is 389 g/mol. The van der Waals surface area contributed by atoms with Gasteiger partial charge >= 0.3 is 12.1 Å². The predicted molar refractivity (Wildman–Crippen MR) is 104 cm³/mol. The van der Waals surface area contributed by atoms with Crippen LogP contribution in [0.25, 0.3) is 0 Å². The van der Waals surface area contributed by atoms with Crippen molar-refractivity contribution in [3.05, 3.63) is 33.8 Å². The number of fused-ring (bicyclic) bond motifs is 1. The predicted octanol–water partition coefficient (Wildman–Crippen LogP) is 4.68. The number of rotatable bonds is 3. The van der Waals surface area contributed by atoms with E-state index in [2.05, 4.69) is 0 Å². The van der Waals surface area contributed by atoms with E-state index in [0.717, 1.165) is 5.56 Å². The van der Waals surface area contributed by atoms with E-state index in [-0.39, 0.29) is 29.3 Å². The topological polar surface area (TPSA) is 55.8 Å². The van der Waals surface area contributed by atoms with Gasteiger partial charge in [0, 0.05) is 24.4 Å². The van der Waals surface area contributed by atoms with Crippen molar-refractivity contribution < 1.29 is 19.1 Å². The maximum Gasteiger partial charge on any atom is 0.410 e. The Labute approximate surface area is 169 Å². The summed E-state index contributed by atoms with van der Waals surface area (Å²) in [7, 11) is 0. The highest BCUT2D eigenvalue weighted by molar-refractivity contribution is 6.42. The Kier molecular flexibility index (Phi) is 5.39. The van der Waals surface area contributed by atoms with Gasteiger partial charge in [-0.05, 0) is 51.8 Å². The van der Waals surface area contributed by atoms with Crippen LogP contribution in [0.2, 0.25) is 10.0 Å². The molecule has 0 aromatic heterocycles. The van der Waals surface area contributed by atoms with Gasteiger partial charge in [0.15, 0.2) is 0 Å². The third kappa shape index (κ3) is 3.77. The molecule has 2 aliphatic rings. The van der Waals surface area contributed by atoms with Crippen LogP contribution in [0.1, 0.15) is 39.7 Å². The summed E-state index contributed by atoms with van der Waals surface area (Å²) in [5.74, 6) is -0.531. The van der Waals surface area contributed by atoms with E-state index < -0.39 is 5.60 Å². The second-order valence-corrected chi connectivity index (χ2v) is 9.00. The first kappa shape index (κ1) is 20.3. The molecule has 1 saturated carbocycles. The van der Waals surface area contributed by atoms with Gasteiger partial charge in [-0.25, -0.2) is 4.79 Å². The zero-order valence-electron chi connectivity index (χ0n) is 16.1. The quantitative estimate of drug-likeness (QED) is 0.674. The number of amides is 1. The number of esters is 1. The van der Waals surface area contributed by atoms with Crippen molar-refractivity contribution >= 4 is 35.3 Å². The Hall–Kier alpha value is -1.46. The van der Waals surface area contributed by atoms with E-state index in [1.54, 1.807) is 17.9 Å². The molecule has 1 saturated heterocycles. The molecule has 2 fully saturated rings. The van der Waals surface area contributed by atoms with Crippen molar-refractivity contribution in [3.8, 4) is 0 Å². The lowest BCUT2D eigenvalue weighted by molar-refractivity contribution is -0.145. The highest BCUT2D eigenvalue weighted by atomic mass is 35.5. The molecule has 1 heterocycles. The first-order chi connectivity index (χ1) is 12.6. The largest absolute Gasteiger partial charge is 0.466 e. The second kappa shape index (κ2) is 7.17. The minimum Gasteiger partial charge on any atom is -0.466 e. The lowest BCUT2D eigenvalue weighted by Gasteiger charge is -2.33. The van der Waals surface area contributed by atoms with Gasteiger partial charge in [0.1, 0.15) is 5.60 Å². The molecule has 0 radical (unpaired) electrons. The van der Waals surface area contributed by atoms with Gasteiger partial charge in [-0.15, -0.1) is 0 Å². The van der Waals surface area contributed by atoms with Crippen LogP contribution >= 0.6 is 23.2 Å². The van der Waals surface area contributed by atoms with Crippen LogP contribution in [0.3, 0.4) is 0 Å². The van der Waals surface area contributed by atoms with Crippen LogP contribution in [-0.4, -0.2) is 42.3 Å². The Bertz CT molecular complexity index is 761. The van der Waals surface area contributed by atoms with Crippen LogP contribution in [-0.2, 0) is 19.7 Å². The molecular formula is C20H25Cl2NO4. The highest BCUT2D eigenvalue weighted by Gasteiger charge is 2.71. The summed E-state index contributed by atoms with van der Waals surface area (Å²) in [6, 6.07) is 5.51. The van der Waals surface area contributed by atoms with E-state index in [0.29, 0.717) is 36.2 Å². The van der Waals surface area contributed by atoms with Gasteiger partial charge in [0.05, 0.1) is 22.6 Å². The molecule has 1 amide bonds. The monoisotopic (exact) mass is 413 g/mol. The number of carbonyl (C=O) groups is 2. The number of hydrogen-bond acceptors (Lipinski definition) is 4. The lowest BCUT2D eigenvalue weighted by atomic mass is 9.86. The van der Waals surface area contributed by atoms with Gasteiger partial charge in [-0.3, -0.25) is 4.79 Å². The average molecular weight is 414 g/mol. The highest BCUT2D eigenvalue weighted by Crippen LogP contribution is 2.65. The molecule has 7 heteroatoms. The molecule has 1 aromatic carbocycles. The number of hydrogen-bond donors (Lipinski definition) is 0. The molecule has 0 N–H and O–H groups in total. The number of halogens is 2. The molecule has 5 nitrogen and oxygen atoms in total. The van der Waals surface area contributed by atoms with Crippen molar-refractivity contribution in [1.29, 1.82) is 0 Å². The van der Waals surface area contributed by atoms with E-state index >= 15 is 0 Å². The third-order valence-electron chi connectivity index (χ3n) is 5.37. The summed E-state index contributed by atoms with van der Waals surface area (Å²) in [5.41, 5.74) is 0.0575. The first-order valence-corrected chi connectivity index (χ1v) is 9.96. The molecule has 27 heavy (non-hydrogen) atoms. The Morgan fingerprint density at radius 3 is 2.56 bits per heavy atom. The summed E-state index contributed by atoms with van der Waals surface area (Å²) in [6.45, 7) is 8.62. The van der Waals surface area contributed by atoms with Crippen LogP contribution in [0.15, 0.2) is 18.2 Å². The van der Waals surface area contributed by atoms with E-state index in [1.165, 1.54) is 0 Å². The van der Waals surface area contributed by atoms with Crippen molar-refractivity contribution in [2.24, 2.45) is 11.8 Å². The number of nitrogens with zero attached hydrogens (tertiary/aromatic N) is 1. The maximum atomic E-state index is 12.6. The summed E-state index contributed by atoms with van der Waals surface area (Å²) in [4.78, 5) is 26.7. The van der Waals surface area contributed by atoms with Gasteiger partial charge in [-0.2, -0.15) is 0 Å². The van der Waals surface area contributed by atoms with Crippen molar-refractivity contribution in [2.45, 2.75) is 45.1 Å². The van der Waals surface area contributed by atoms with Crippen molar-refractivity contribution in [3.63, 3.8) is 0 Å². The van der Waals surface area contributed by atoms with Gasteiger partial charge in [0.25, 0.3) is 0 Å². The molecule has 0 spiro atoms. The molecule has 1 aliphatic carbocycles. The van der Waals surface area contributed by atoms with Crippen LogP contribution < -0.4 is 0 Å². The molecule has 3 rings (SSSR count). The fourth-order valence-electron chi connectivity index (χ4n) is 4.20. The zero-order valence-corrected chi connectivity index (χ0v) is 17.6. The minimum absolute atomic E-state index is 0.0185. The Morgan fingerprint density at radius 1 is 1.26 bits per heavy atom. The molecule has 0 bridgehead atoms. The van der Waals surface area contributed by atoms with Gasteiger partial charge in [-0.1, -0.05) is 29.3 Å². The summed E-state index contributed by atoms with van der Waals surface area (Å²) in [5, 5.41) is 0.944. The molecule has 2 unspecified atom stereocenters. The molecule has 3 atom stereocenters. The number of piperidine rings is 1. The standard InChI is InChI=1S/C20H25Cl2NO4/c1-5-26-17(24)16-13-11-23(18(25)27-19(2,3)4)9-8-20(13,16)12-6-7-14(21)15(22)10-12/h6-7,10,13,16H,5,8-9,11H2,1-4H3/t13-,16?,20?/m0/s1. The minimum atomic E-state index is -0.556. The van der Waals surface area contributed by atoms with Crippen molar-refractivity contribution in [1.82, 2.24) is 4.90 Å². The fraction of sp³-hybridized carbons (Fsp3) is 0.600. The Morgan fingerprint density at radius 2 is 1.96 bits per heavy atom. The summed E-state index contributed by atoms with van der Waals surface area (Å²) < 4.78 is 10.8.